The number of pyridine rings is 1. The van der Waals surface area contributed by atoms with Gasteiger partial charge in [-0.15, -0.1) is 0 Å². The zero-order valence-corrected chi connectivity index (χ0v) is 21.5. The molecule has 1 saturated heterocycles. The Balaban J connectivity index is 1.40. The molecule has 0 atom stereocenters. The fraction of sp³-hybridized carbons (Fsp3) is 0.571. The topological polar surface area (TPSA) is 104 Å². The minimum atomic E-state index is -0.739. The zero-order chi connectivity index (χ0) is 25.5. The molecule has 3 heterocycles. The maximum atomic E-state index is 14.1. The molecule has 9 nitrogen and oxygen atoms in total. The first-order valence-electron chi connectivity index (χ1n) is 13.7. The molecule has 2 saturated carbocycles. The summed E-state index contributed by atoms with van der Waals surface area (Å²) in [5, 5.41) is 15.3. The first kappa shape index (κ1) is 24.3. The van der Waals surface area contributed by atoms with Crippen LogP contribution in [0.15, 0.2) is 29.2 Å². The van der Waals surface area contributed by atoms with Gasteiger partial charge in [-0.3, -0.25) is 19.1 Å². The number of piperazine rings is 1. The van der Waals surface area contributed by atoms with Gasteiger partial charge in [-0.1, -0.05) is 12.1 Å². The highest BCUT2D eigenvalue weighted by Crippen LogP contribution is 2.35. The number of carboxylic acids is 1. The first-order valence-corrected chi connectivity index (χ1v) is 13.7. The third kappa shape index (κ3) is 5.07. The van der Waals surface area contributed by atoms with Gasteiger partial charge in [-0.25, -0.2) is 4.98 Å². The first-order chi connectivity index (χ1) is 18.0. The summed E-state index contributed by atoms with van der Waals surface area (Å²) < 4.78 is 1.85. The second-order valence-electron chi connectivity index (χ2n) is 11.2. The lowest BCUT2D eigenvalue weighted by molar-refractivity contribution is -0.143. The Labute approximate surface area is 216 Å². The van der Waals surface area contributed by atoms with E-state index in [0.717, 1.165) is 55.6 Å². The Kier molecular flexibility index (Phi) is 6.58. The van der Waals surface area contributed by atoms with Crippen LogP contribution in [0.3, 0.4) is 0 Å². The molecule has 3 aromatic rings. The van der Waals surface area contributed by atoms with Crippen molar-refractivity contribution >= 4 is 33.7 Å². The van der Waals surface area contributed by atoms with Crippen molar-refractivity contribution in [2.75, 3.05) is 45.1 Å². The van der Waals surface area contributed by atoms with Crippen molar-refractivity contribution in [1.82, 2.24) is 24.3 Å². The predicted octanol–water partition coefficient (Wildman–Crippen LogP) is 3.33. The van der Waals surface area contributed by atoms with Crippen molar-refractivity contribution in [3.05, 3.63) is 40.3 Å². The number of aliphatic carboxylic acids is 1. The fourth-order valence-corrected chi connectivity index (χ4v) is 5.90. The normalized spacial score (nSPS) is 23.5. The molecule has 9 heteroatoms. The molecule has 0 unspecified atom stereocenters. The molecule has 196 valence electrons. The number of carboxylic acid groups (broad SMARTS) is 1. The van der Waals surface area contributed by atoms with E-state index in [2.05, 4.69) is 39.3 Å². The van der Waals surface area contributed by atoms with Crippen LogP contribution in [0.1, 0.15) is 50.1 Å². The number of likely N-dealkylation sites (N-methyl/N-ethyl adjacent to an activating group) is 1. The number of carbonyl (C=O) groups is 1. The molecule has 1 aromatic carbocycles. The monoisotopic (exact) mass is 504 g/mol. The molecule has 3 fully saturated rings. The molecule has 1 aliphatic heterocycles. The minimum absolute atomic E-state index is 0.0339. The van der Waals surface area contributed by atoms with Gasteiger partial charge >= 0.3 is 5.97 Å². The summed E-state index contributed by atoms with van der Waals surface area (Å²) >= 11 is 0. The van der Waals surface area contributed by atoms with Gasteiger partial charge in [0.2, 0.25) is 5.95 Å². The maximum Gasteiger partial charge on any atom is 0.306 e. The standard InChI is InChI=1S/C28H36N6O3/c1-32-10-12-33(13-11-32)17-19-4-9-22-23(14-19)26(35)34(21-7-5-20(6-8-21)27(36)37)25-24(22)16-30-28(31-25)29-15-18-2-3-18/h4,9,14,16,18,20-21H,2-3,5-8,10-13,15,17H2,1H3,(H,36,37)(H,29,30,31). The molecule has 37 heavy (non-hydrogen) atoms. The van der Waals surface area contributed by atoms with Crippen molar-refractivity contribution in [2.45, 2.75) is 51.1 Å². The van der Waals surface area contributed by atoms with E-state index in [1.165, 1.54) is 12.8 Å². The van der Waals surface area contributed by atoms with E-state index in [9.17, 15) is 14.7 Å². The summed E-state index contributed by atoms with van der Waals surface area (Å²) in [6, 6.07) is 6.16. The summed E-state index contributed by atoms with van der Waals surface area (Å²) in [6.07, 6.45) is 6.79. The van der Waals surface area contributed by atoms with Gasteiger partial charge in [-0.2, -0.15) is 4.98 Å². The maximum absolute atomic E-state index is 14.1. The minimum Gasteiger partial charge on any atom is -0.481 e. The number of nitrogens with one attached hydrogen (secondary N) is 1. The smallest absolute Gasteiger partial charge is 0.306 e. The van der Waals surface area contributed by atoms with E-state index in [-0.39, 0.29) is 17.5 Å². The Morgan fingerprint density at radius 1 is 1.03 bits per heavy atom. The summed E-state index contributed by atoms with van der Waals surface area (Å²) in [5.41, 5.74) is 1.75. The van der Waals surface area contributed by atoms with Crippen molar-refractivity contribution < 1.29 is 9.90 Å². The van der Waals surface area contributed by atoms with Gasteiger partial charge < -0.3 is 15.3 Å². The molecule has 3 aliphatic rings. The van der Waals surface area contributed by atoms with Gasteiger partial charge in [0, 0.05) is 62.3 Å². The van der Waals surface area contributed by atoms with Crippen molar-refractivity contribution in [2.24, 2.45) is 11.8 Å². The number of rotatable bonds is 7. The fourth-order valence-electron chi connectivity index (χ4n) is 5.90. The quantitative estimate of drug-likeness (QED) is 0.473. The molecular formula is C28H36N6O3. The van der Waals surface area contributed by atoms with Gasteiger partial charge in [0.15, 0.2) is 0 Å². The van der Waals surface area contributed by atoms with Crippen LogP contribution in [-0.2, 0) is 11.3 Å². The van der Waals surface area contributed by atoms with Crippen LogP contribution in [-0.4, -0.2) is 75.2 Å². The van der Waals surface area contributed by atoms with E-state index < -0.39 is 5.97 Å². The summed E-state index contributed by atoms with van der Waals surface area (Å²) in [6.45, 7) is 5.83. The number of hydrogen-bond acceptors (Lipinski definition) is 7. The highest BCUT2D eigenvalue weighted by Gasteiger charge is 2.29. The van der Waals surface area contributed by atoms with Gasteiger partial charge in [-0.05, 0) is 68.5 Å². The van der Waals surface area contributed by atoms with Crippen molar-refractivity contribution in [3.8, 4) is 0 Å². The Morgan fingerprint density at radius 3 is 2.49 bits per heavy atom. The van der Waals surface area contributed by atoms with Crippen LogP contribution >= 0.6 is 0 Å². The van der Waals surface area contributed by atoms with E-state index in [4.69, 9.17) is 4.98 Å². The number of nitrogens with zero attached hydrogens (tertiary/aromatic N) is 5. The van der Waals surface area contributed by atoms with Crippen LogP contribution < -0.4 is 10.9 Å². The second-order valence-corrected chi connectivity index (χ2v) is 11.2. The average molecular weight is 505 g/mol. The Morgan fingerprint density at radius 2 is 1.78 bits per heavy atom. The molecular weight excluding hydrogens is 468 g/mol. The SMILES string of the molecule is CN1CCN(Cc2ccc3c(c2)c(=O)n(C2CCC(C(=O)O)CC2)c2nc(NCC4CC4)ncc32)CC1. The summed E-state index contributed by atoms with van der Waals surface area (Å²) in [7, 11) is 2.15. The third-order valence-corrected chi connectivity index (χ3v) is 8.48. The summed E-state index contributed by atoms with van der Waals surface area (Å²) in [5.74, 6) is 0.164. The van der Waals surface area contributed by atoms with E-state index >= 15 is 0 Å². The number of fused-ring (bicyclic) bond motifs is 3. The second kappa shape index (κ2) is 10.0. The molecule has 0 spiro atoms. The molecule has 0 bridgehead atoms. The average Bonchev–Trinajstić information content (AvgIpc) is 3.74. The highest BCUT2D eigenvalue weighted by molar-refractivity contribution is 6.04. The van der Waals surface area contributed by atoms with Gasteiger partial charge in [0.25, 0.3) is 5.56 Å². The van der Waals surface area contributed by atoms with E-state index in [1.807, 2.05) is 16.8 Å². The molecule has 2 aliphatic carbocycles. The largest absolute Gasteiger partial charge is 0.481 e. The number of hydrogen-bond donors (Lipinski definition) is 2. The van der Waals surface area contributed by atoms with Crippen LogP contribution in [0.4, 0.5) is 5.95 Å². The predicted molar refractivity (Wildman–Crippen MR) is 144 cm³/mol. The molecule has 2 aromatic heterocycles. The lowest BCUT2D eigenvalue weighted by Crippen LogP contribution is -2.43. The van der Waals surface area contributed by atoms with Crippen LogP contribution in [0.25, 0.3) is 21.8 Å². The van der Waals surface area contributed by atoms with Gasteiger partial charge in [0.05, 0.1) is 5.92 Å². The molecule has 0 radical (unpaired) electrons. The lowest BCUT2D eigenvalue weighted by Gasteiger charge is -2.32. The van der Waals surface area contributed by atoms with Crippen LogP contribution in [0, 0.1) is 11.8 Å². The number of aromatic nitrogens is 3. The Bertz CT molecular complexity index is 1370. The van der Waals surface area contributed by atoms with Crippen molar-refractivity contribution in [3.63, 3.8) is 0 Å². The zero-order valence-electron chi connectivity index (χ0n) is 21.5. The highest BCUT2D eigenvalue weighted by atomic mass is 16.4. The van der Waals surface area contributed by atoms with Crippen LogP contribution in [0.5, 0.6) is 0 Å². The molecule has 2 N–H and O–H groups in total. The third-order valence-electron chi connectivity index (χ3n) is 8.48. The van der Waals surface area contributed by atoms with Crippen LogP contribution in [0.2, 0.25) is 0 Å². The number of benzene rings is 1. The summed E-state index contributed by atoms with van der Waals surface area (Å²) in [4.78, 5) is 39.9. The van der Waals surface area contributed by atoms with Crippen molar-refractivity contribution in [1.29, 1.82) is 0 Å². The molecule has 0 amide bonds. The van der Waals surface area contributed by atoms with E-state index in [0.29, 0.717) is 48.6 Å². The number of anilines is 1. The van der Waals surface area contributed by atoms with E-state index in [1.54, 1.807) is 0 Å². The lowest BCUT2D eigenvalue weighted by atomic mass is 9.85. The Hall–Kier alpha value is -3.04. The molecule has 6 rings (SSSR count). The van der Waals surface area contributed by atoms with Gasteiger partial charge in [0.1, 0.15) is 5.65 Å².